The Labute approximate surface area is 134 Å². The van der Waals surface area contributed by atoms with Gasteiger partial charge in [0.1, 0.15) is 5.60 Å². The van der Waals surface area contributed by atoms with E-state index in [0.29, 0.717) is 17.8 Å². The monoisotopic (exact) mass is 306 g/mol. The van der Waals surface area contributed by atoms with Crippen LogP contribution in [-0.2, 0) is 16.1 Å². The number of benzene rings is 1. The van der Waals surface area contributed by atoms with E-state index in [1.54, 1.807) is 0 Å². The van der Waals surface area contributed by atoms with Crippen molar-refractivity contribution in [3.63, 3.8) is 0 Å². The zero-order chi connectivity index (χ0) is 16.5. The normalized spacial score (nSPS) is 24.6. The van der Waals surface area contributed by atoms with Crippen molar-refractivity contribution in [3.05, 3.63) is 35.4 Å². The van der Waals surface area contributed by atoms with Gasteiger partial charge in [0.25, 0.3) is 0 Å². The zero-order valence-electron chi connectivity index (χ0n) is 14.7. The Kier molecular flexibility index (Phi) is 5.31. The highest BCUT2D eigenvalue weighted by Crippen LogP contribution is 2.49. The lowest BCUT2D eigenvalue weighted by Crippen LogP contribution is -2.51. The van der Waals surface area contributed by atoms with E-state index in [1.165, 1.54) is 0 Å². The van der Waals surface area contributed by atoms with Gasteiger partial charge in [-0.05, 0) is 23.3 Å². The van der Waals surface area contributed by atoms with Gasteiger partial charge >= 0.3 is 0 Å². The maximum atomic E-state index is 9.17. The summed E-state index contributed by atoms with van der Waals surface area (Å²) in [5, 5.41) is 9.17. The van der Waals surface area contributed by atoms with E-state index in [0.717, 1.165) is 11.1 Å². The summed E-state index contributed by atoms with van der Waals surface area (Å²) in [7, 11) is 0. The third-order valence-electron chi connectivity index (χ3n) is 4.87. The Morgan fingerprint density at radius 2 is 1.55 bits per heavy atom. The highest BCUT2D eigenvalue weighted by Gasteiger charge is 2.55. The molecule has 1 fully saturated rings. The van der Waals surface area contributed by atoms with Gasteiger partial charge < -0.3 is 14.6 Å². The van der Waals surface area contributed by atoms with Crippen molar-refractivity contribution >= 4 is 0 Å². The fourth-order valence-corrected chi connectivity index (χ4v) is 3.72. The van der Waals surface area contributed by atoms with Crippen LogP contribution in [0, 0.1) is 17.8 Å². The molecule has 0 amide bonds. The number of ether oxygens (including phenoxy) is 2. The van der Waals surface area contributed by atoms with E-state index < -0.39 is 0 Å². The van der Waals surface area contributed by atoms with Crippen molar-refractivity contribution < 1.29 is 14.6 Å². The minimum Gasteiger partial charge on any atom is -0.392 e. The summed E-state index contributed by atoms with van der Waals surface area (Å²) >= 11 is 0. The van der Waals surface area contributed by atoms with Gasteiger partial charge in [0.15, 0.2) is 6.29 Å². The number of aliphatic hydroxyl groups is 1. The molecule has 1 unspecified atom stereocenters. The molecule has 0 spiro atoms. The van der Waals surface area contributed by atoms with Gasteiger partial charge in [-0.1, -0.05) is 65.8 Å². The first-order valence-corrected chi connectivity index (χ1v) is 8.35. The third kappa shape index (κ3) is 2.94. The summed E-state index contributed by atoms with van der Waals surface area (Å²) < 4.78 is 12.9. The van der Waals surface area contributed by atoms with Gasteiger partial charge in [0.05, 0.1) is 12.7 Å². The molecule has 0 aromatic heterocycles. The highest BCUT2D eigenvalue weighted by molar-refractivity contribution is 5.24. The first-order valence-electron chi connectivity index (χ1n) is 8.35. The molecule has 0 aliphatic carbocycles. The predicted octanol–water partition coefficient (Wildman–Crippen LogP) is 4.30. The van der Waals surface area contributed by atoms with E-state index in [-0.39, 0.29) is 24.6 Å². The molecular formula is C19H30O3. The molecule has 0 radical (unpaired) electrons. The summed E-state index contributed by atoms with van der Waals surface area (Å²) in [5.41, 5.74) is 1.65. The summed E-state index contributed by atoms with van der Waals surface area (Å²) in [5.74, 6) is 1.15. The van der Waals surface area contributed by atoms with Crippen LogP contribution in [0.15, 0.2) is 24.3 Å². The average Bonchev–Trinajstić information content (AvgIpc) is 2.89. The van der Waals surface area contributed by atoms with Crippen molar-refractivity contribution in [1.29, 1.82) is 0 Å². The molecule has 2 rings (SSSR count). The van der Waals surface area contributed by atoms with Crippen LogP contribution in [0.5, 0.6) is 0 Å². The first kappa shape index (κ1) is 17.5. The molecule has 3 nitrogen and oxygen atoms in total. The van der Waals surface area contributed by atoms with E-state index >= 15 is 0 Å². The second-order valence-corrected chi connectivity index (χ2v) is 7.31. The van der Waals surface area contributed by atoms with Gasteiger partial charge in [-0.15, -0.1) is 0 Å². The molecule has 3 heteroatoms. The number of hydrogen-bond donors (Lipinski definition) is 1. The Hall–Kier alpha value is -0.900. The minimum atomic E-state index is -0.329. The van der Waals surface area contributed by atoms with Crippen LogP contribution in [0.4, 0.5) is 0 Å². The van der Waals surface area contributed by atoms with Gasteiger partial charge in [-0.2, -0.15) is 0 Å². The Morgan fingerprint density at radius 1 is 1.00 bits per heavy atom. The smallest absolute Gasteiger partial charge is 0.185 e. The fraction of sp³-hybridized carbons (Fsp3) is 0.684. The van der Waals surface area contributed by atoms with Gasteiger partial charge in [0, 0.05) is 5.56 Å². The van der Waals surface area contributed by atoms with Crippen molar-refractivity contribution in [2.75, 3.05) is 0 Å². The van der Waals surface area contributed by atoms with E-state index in [9.17, 15) is 5.11 Å². The van der Waals surface area contributed by atoms with Crippen molar-refractivity contribution in [3.8, 4) is 0 Å². The van der Waals surface area contributed by atoms with Gasteiger partial charge in [-0.3, -0.25) is 0 Å². The molecule has 1 aliphatic rings. The fourth-order valence-electron chi connectivity index (χ4n) is 3.72. The maximum Gasteiger partial charge on any atom is 0.185 e. The molecule has 2 atom stereocenters. The van der Waals surface area contributed by atoms with Crippen LogP contribution < -0.4 is 0 Å². The Balaban J connectivity index is 2.33. The summed E-state index contributed by atoms with van der Waals surface area (Å²) in [6, 6.07) is 7.84. The van der Waals surface area contributed by atoms with Crippen LogP contribution in [0.3, 0.4) is 0 Å². The molecular weight excluding hydrogens is 276 g/mol. The number of aliphatic hydroxyl groups excluding tert-OH is 1. The molecule has 0 saturated carbocycles. The molecule has 1 aliphatic heterocycles. The van der Waals surface area contributed by atoms with Crippen molar-refractivity contribution in [2.45, 2.75) is 66.1 Å². The highest BCUT2D eigenvalue weighted by atomic mass is 16.7. The molecule has 1 heterocycles. The van der Waals surface area contributed by atoms with Crippen LogP contribution in [0.1, 0.15) is 59.0 Å². The maximum absolute atomic E-state index is 9.17. The molecule has 1 N–H and O–H groups in total. The van der Waals surface area contributed by atoms with Crippen molar-refractivity contribution in [2.24, 2.45) is 17.8 Å². The lowest BCUT2D eigenvalue weighted by Gasteiger charge is -2.41. The first-order chi connectivity index (χ1) is 10.3. The Morgan fingerprint density at radius 3 is 1.91 bits per heavy atom. The summed E-state index contributed by atoms with van der Waals surface area (Å²) in [6.07, 6.45) is -0.250. The lowest BCUT2D eigenvalue weighted by molar-refractivity contribution is -0.126. The largest absolute Gasteiger partial charge is 0.392 e. The molecule has 124 valence electrons. The second kappa shape index (κ2) is 6.69. The zero-order valence-corrected chi connectivity index (χ0v) is 14.7. The molecule has 1 aromatic carbocycles. The minimum absolute atomic E-state index is 0.0587. The van der Waals surface area contributed by atoms with Gasteiger partial charge in [0.2, 0.25) is 0 Å². The Bertz CT molecular complexity index is 468. The lowest BCUT2D eigenvalue weighted by atomic mass is 9.73. The quantitative estimate of drug-likeness (QED) is 0.881. The predicted molar refractivity (Wildman–Crippen MR) is 88.3 cm³/mol. The topological polar surface area (TPSA) is 38.7 Å². The SMILES string of the molecule is CC(C)[C@@H]1OC(c2ccc(CO)cc2)OC1(C(C)C)C(C)C. The van der Waals surface area contributed by atoms with Crippen LogP contribution in [0.25, 0.3) is 0 Å². The second-order valence-electron chi connectivity index (χ2n) is 7.31. The summed E-state index contributed by atoms with van der Waals surface area (Å²) in [4.78, 5) is 0. The van der Waals surface area contributed by atoms with E-state index in [4.69, 9.17) is 9.47 Å². The van der Waals surface area contributed by atoms with Crippen LogP contribution in [0.2, 0.25) is 0 Å². The number of rotatable bonds is 5. The summed E-state index contributed by atoms with van der Waals surface area (Å²) in [6.45, 7) is 13.3. The molecule has 1 aromatic rings. The van der Waals surface area contributed by atoms with E-state index in [1.807, 2.05) is 24.3 Å². The molecule has 22 heavy (non-hydrogen) atoms. The molecule has 0 bridgehead atoms. The van der Waals surface area contributed by atoms with Crippen LogP contribution in [-0.4, -0.2) is 16.8 Å². The third-order valence-corrected chi connectivity index (χ3v) is 4.87. The van der Waals surface area contributed by atoms with Crippen molar-refractivity contribution in [1.82, 2.24) is 0 Å². The molecule has 1 saturated heterocycles. The van der Waals surface area contributed by atoms with Crippen LogP contribution >= 0.6 is 0 Å². The van der Waals surface area contributed by atoms with Gasteiger partial charge in [-0.25, -0.2) is 0 Å². The van der Waals surface area contributed by atoms with E-state index in [2.05, 4.69) is 41.5 Å². The average molecular weight is 306 g/mol. The standard InChI is InChI=1S/C19H30O3/c1-12(2)17-19(13(3)4,14(5)6)22-18(21-17)16-9-7-15(11-20)8-10-16/h7-10,12-14,17-18,20H,11H2,1-6H3/t17-,18?/m0/s1. The number of hydrogen-bond acceptors (Lipinski definition) is 3.